The normalized spacial score (nSPS) is 40.1. The molecule has 0 radical (unpaired) electrons. The molecule has 3 unspecified atom stereocenters. The van der Waals surface area contributed by atoms with Crippen molar-refractivity contribution in [3.05, 3.63) is 0 Å². The molecule has 0 aromatic rings. The zero-order chi connectivity index (χ0) is 11.8. The van der Waals surface area contributed by atoms with Gasteiger partial charge in [0.25, 0.3) is 5.91 Å². The number of β-amino-alcohol motifs (C(OH)–C–C–N with tert-alkyl or cyclic N) is 1. The number of hydrogen-bond donors (Lipinski definition) is 1. The number of hydrogen-bond acceptors (Lipinski definition) is 3. The lowest BCUT2D eigenvalue weighted by Crippen LogP contribution is -2.51. The van der Waals surface area contributed by atoms with Crippen LogP contribution in [0.2, 0.25) is 0 Å². The Labute approximate surface area is 96.6 Å². The first-order chi connectivity index (χ1) is 7.48. The van der Waals surface area contributed by atoms with E-state index in [1.165, 1.54) is 0 Å². The summed E-state index contributed by atoms with van der Waals surface area (Å²) in [6.45, 7) is 4.99. The first kappa shape index (κ1) is 11.9. The minimum Gasteiger partial charge on any atom is -0.388 e. The van der Waals surface area contributed by atoms with Gasteiger partial charge < -0.3 is 14.7 Å². The number of ether oxygens (including phenoxy) is 1. The van der Waals surface area contributed by atoms with E-state index in [0.717, 1.165) is 32.2 Å². The molecule has 2 aliphatic heterocycles. The van der Waals surface area contributed by atoms with E-state index in [1.807, 2.05) is 6.92 Å². The van der Waals surface area contributed by atoms with Crippen molar-refractivity contribution in [2.75, 3.05) is 13.1 Å². The molecule has 0 aromatic carbocycles. The van der Waals surface area contributed by atoms with Gasteiger partial charge in [0.2, 0.25) is 0 Å². The van der Waals surface area contributed by atoms with Crippen LogP contribution in [-0.4, -0.2) is 46.8 Å². The molecule has 2 aliphatic rings. The van der Waals surface area contributed by atoms with Gasteiger partial charge in [-0.3, -0.25) is 4.79 Å². The second-order valence-electron chi connectivity index (χ2n) is 5.37. The molecule has 0 spiro atoms. The van der Waals surface area contributed by atoms with E-state index in [1.54, 1.807) is 11.8 Å². The van der Waals surface area contributed by atoms with Gasteiger partial charge in [-0.25, -0.2) is 0 Å². The molecule has 16 heavy (non-hydrogen) atoms. The van der Waals surface area contributed by atoms with Crippen LogP contribution >= 0.6 is 0 Å². The summed E-state index contributed by atoms with van der Waals surface area (Å²) < 4.78 is 5.57. The molecule has 0 aromatic heterocycles. The molecule has 1 amide bonds. The van der Waals surface area contributed by atoms with Crippen molar-refractivity contribution in [3.63, 3.8) is 0 Å². The molecule has 1 N–H and O–H groups in total. The van der Waals surface area contributed by atoms with Gasteiger partial charge in [0.05, 0.1) is 11.7 Å². The minimum absolute atomic E-state index is 0.0596. The zero-order valence-corrected chi connectivity index (χ0v) is 10.1. The third-order valence-corrected chi connectivity index (χ3v) is 3.49. The number of carbonyl (C=O) groups excluding carboxylic acids is 1. The summed E-state index contributed by atoms with van der Waals surface area (Å²) in [7, 11) is 0. The summed E-state index contributed by atoms with van der Waals surface area (Å²) in [6, 6.07) is 0. The standard InChI is InChI=1S/C12H21NO3/c1-9-4-5-10(16-9)11(14)13-7-3-6-12(2,15)8-13/h9-10,15H,3-8H2,1-2H3. The molecular weight excluding hydrogens is 206 g/mol. The average Bonchev–Trinajstić information content (AvgIpc) is 2.62. The van der Waals surface area contributed by atoms with E-state index < -0.39 is 5.60 Å². The van der Waals surface area contributed by atoms with Crippen LogP contribution in [0.15, 0.2) is 0 Å². The van der Waals surface area contributed by atoms with Crippen LogP contribution in [0.5, 0.6) is 0 Å². The lowest BCUT2D eigenvalue weighted by Gasteiger charge is -2.37. The van der Waals surface area contributed by atoms with Crippen molar-refractivity contribution in [3.8, 4) is 0 Å². The summed E-state index contributed by atoms with van der Waals surface area (Å²) in [4.78, 5) is 13.9. The van der Waals surface area contributed by atoms with Crippen molar-refractivity contribution in [2.24, 2.45) is 0 Å². The SMILES string of the molecule is CC1CCC(C(=O)N2CCCC(C)(O)C2)O1. The Balaban J connectivity index is 1.94. The summed E-state index contributed by atoms with van der Waals surface area (Å²) in [6.07, 6.45) is 3.35. The molecule has 4 heteroatoms. The minimum atomic E-state index is -0.724. The Kier molecular flexibility index (Phi) is 3.22. The van der Waals surface area contributed by atoms with Crippen LogP contribution in [0.4, 0.5) is 0 Å². The summed E-state index contributed by atoms with van der Waals surface area (Å²) in [5, 5.41) is 9.95. The molecule has 3 atom stereocenters. The highest BCUT2D eigenvalue weighted by molar-refractivity contribution is 5.81. The van der Waals surface area contributed by atoms with Crippen molar-refractivity contribution < 1.29 is 14.6 Å². The molecule has 2 rings (SSSR count). The van der Waals surface area contributed by atoms with Crippen LogP contribution < -0.4 is 0 Å². The Bertz CT molecular complexity index is 277. The number of rotatable bonds is 1. The van der Waals surface area contributed by atoms with Crippen molar-refractivity contribution in [1.82, 2.24) is 4.90 Å². The van der Waals surface area contributed by atoms with E-state index >= 15 is 0 Å². The maximum Gasteiger partial charge on any atom is 0.251 e. The van der Waals surface area contributed by atoms with Crippen molar-refractivity contribution in [1.29, 1.82) is 0 Å². The number of nitrogens with zero attached hydrogens (tertiary/aromatic N) is 1. The number of aliphatic hydroxyl groups is 1. The van der Waals surface area contributed by atoms with Gasteiger partial charge in [0.1, 0.15) is 6.10 Å². The first-order valence-corrected chi connectivity index (χ1v) is 6.14. The summed E-state index contributed by atoms with van der Waals surface area (Å²) in [5.74, 6) is 0.0596. The van der Waals surface area contributed by atoms with Crippen molar-refractivity contribution >= 4 is 5.91 Å². The molecule has 4 nitrogen and oxygen atoms in total. The number of amides is 1. The van der Waals surface area contributed by atoms with E-state index in [9.17, 15) is 9.90 Å². The van der Waals surface area contributed by atoms with Gasteiger partial charge in [-0.05, 0) is 39.5 Å². The van der Waals surface area contributed by atoms with Crippen LogP contribution in [0.3, 0.4) is 0 Å². The lowest BCUT2D eigenvalue weighted by atomic mass is 9.95. The molecular formula is C12H21NO3. The van der Waals surface area contributed by atoms with Crippen LogP contribution in [0.1, 0.15) is 39.5 Å². The third-order valence-electron chi connectivity index (χ3n) is 3.49. The number of likely N-dealkylation sites (tertiary alicyclic amines) is 1. The average molecular weight is 227 g/mol. The molecule has 0 saturated carbocycles. The Morgan fingerprint density at radius 2 is 2.25 bits per heavy atom. The lowest BCUT2D eigenvalue weighted by molar-refractivity contribution is -0.148. The van der Waals surface area contributed by atoms with Gasteiger partial charge in [0.15, 0.2) is 0 Å². The fourth-order valence-electron chi connectivity index (χ4n) is 2.60. The zero-order valence-electron chi connectivity index (χ0n) is 10.1. The monoisotopic (exact) mass is 227 g/mol. The van der Waals surface area contributed by atoms with Crippen LogP contribution in [0.25, 0.3) is 0 Å². The van der Waals surface area contributed by atoms with Gasteiger partial charge in [-0.1, -0.05) is 0 Å². The molecule has 2 heterocycles. The van der Waals surface area contributed by atoms with E-state index in [4.69, 9.17) is 4.74 Å². The fourth-order valence-corrected chi connectivity index (χ4v) is 2.60. The molecule has 2 saturated heterocycles. The van der Waals surface area contributed by atoms with E-state index in [2.05, 4.69) is 0 Å². The quantitative estimate of drug-likeness (QED) is 0.725. The second kappa shape index (κ2) is 4.34. The van der Waals surface area contributed by atoms with Gasteiger partial charge in [-0.2, -0.15) is 0 Å². The van der Waals surface area contributed by atoms with Gasteiger partial charge in [-0.15, -0.1) is 0 Å². The Morgan fingerprint density at radius 1 is 1.50 bits per heavy atom. The van der Waals surface area contributed by atoms with E-state index in [-0.39, 0.29) is 18.1 Å². The van der Waals surface area contributed by atoms with Crippen molar-refractivity contribution in [2.45, 2.75) is 57.3 Å². The Morgan fingerprint density at radius 3 is 2.81 bits per heavy atom. The maximum atomic E-state index is 12.1. The van der Waals surface area contributed by atoms with Gasteiger partial charge in [0, 0.05) is 13.1 Å². The first-order valence-electron chi connectivity index (χ1n) is 6.14. The highest BCUT2D eigenvalue weighted by Gasteiger charge is 2.36. The second-order valence-corrected chi connectivity index (χ2v) is 5.37. The summed E-state index contributed by atoms with van der Waals surface area (Å²) >= 11 is 0. The third kappa shape index (κ3) is 2.55. The molecule has 2 fully saturated rings. The van der Waals surface area contributed by atoms with E-state index in [0.29, 0.717) is 6.54 Å². The maximum absolute atomic E-state index is 12.1. The molecule has 0 aliphatic carbocycles. The fraction of sp³-hybridized carbons (Fsp3) is 0.917. The largest absolute Gasteiger partial charge is 0.388 e. The highest BCUT2D eigenvalue weighted by atomic mass is 16.5. The van der Waals surface area contributed by atoms with Gasteiger partial charge >= 0.3 is 0 Å². The molecule has 92 valence electrons. The predicted molar refractivity (Wildman–Crippen MR) is 60.0 cm³/mol. The Hall–Kier alpha value is -0.610. The predicted octanol–water partition coefficient (Wildman–Crippen LogP) is 0.927. The summed E-state index contributed by atoms with van der Waals surface area (Å²) in [5.41, 5.74) is -0.724. The van der Waals surface area contributed by atoms with Crippen LogP contribution in [-0.2, 0) is 9.53 Å². The highest BCUT2D eigenvalue weighted by Crippen LogP contribution is 2.25. The number of carbonyl (C=O) groups is 1. The number of piperidine rings is 1. The molecule has 0 bridgehead atoms. The smallest absolute Gasteiger partial charge is 0.251 e. The van der Waals surface area contributed by atoms with Crippen LogP contribution in [0, 0.1) is 0 Å². The topological polar surface area (TPSA) is 49.8 Å².